The molecule has 0 aromatic heterocycles. The van der Waals surface area contributed by atoms with Gasteiger partial charge in [0.15, 0.2) is 0 Å². The normalized spacial score (nSPS) is 11.3. The smallest absolute Gasteiger partial charge is 1.00 e. The van der Waals surface area contributed by atoms with Gasteiger partial charge in [0.05, 0.1) is 0 Å². The van der Waals surface area contributed by atoms with E-state index >= 15 is 0 Å². The van der Waals surface area contributed by atoms with E-state index in [9.17, 15) is 12.9 Å². The quantitative estimate of drug-likeness (QED) is 0.431. The summed E-state index contributed by atoms with van der Waals surface area (Å²) in [6, 6.07) is 0. The first-order chi connectivity index (χ1) is 3.42. The van der Waals surface area contributed by atoms with Crippen LogP contribution in [-0.2, 0) is 0 Å². The Labute approximate surface area is 96.9 Å². The first kappa shape index (κ1) is 13.1. The van der Waals surface area contributed by atoms with E-state index in [-0.39, 0.29) is 52.8 Å². The van der Waals surface area contributed by atoms with Crippen LogP contribution in [0.1, 0.15) is 1.43 Å². The molecule has 0 atom stereocenters. The Morgan fingerprint density at radius 2 is 1.67 bits per heavy atom. The zero-order chi connectivity index (χ0) is 6.78. The van der Waals surface area contributed by atoms with Gasteiger partial charge in [-0.15, -0.1) is 0 Å². The summed E-state index contributed by atoms with van der Waals surface area (Å²) in [5.41, 5.74) is 0. The summed E-state index contributed by atoms with van der Waals surface area (Å²) in [7, 11) is 2.80. The summed E-state index contributed by atoms with van der Waals surface area (Å²) < 4.78 is 34.0. The molecular formula is C3H9BF3KN-. The maximum atomic E-state index is 11.3. The SMILES string of the molecule is CN(C)C[B-](F)(F)F.[H-].[K+]. The number of hydrogen-bond acceptors (Lipinski definition) is 1. The molecule has 0 heterocycles. The maximum Gasteiger partial charge on any atom is 1.00 e. The molecule has 0 fully saturated rings. The number of halogens is 3. The Bertz CT molecular complexity index is 78.6. The fraction of sp³-hybridized carbons (Fsp3) is 1.00. The van der Waals surface area contributed by atoms with Crippen molar-refractivity contribution < 1.29 is 65.8 Å². The molecule has 1 nitrogen and oxygen atoms in total. The molecule has 52 valence electrons. The van der Waals surface area contributed by atoms with Crippen LogP contribution in [0.15, 0.2) is 0 Å². The first-order valence-electron chi connectivity index (χ1n) is 2.27. The van der Waals surface area contributed by atoms with Gasteiger partial charge in [-0.1, -0.05) is 0 Å². The van der Waals surface area contributed by atoms with E-state index in [1.54, 1.807) is 0 Å². The van der Waals surface area contributed by atoms with Crippen LogP contribution in [-0.4, -0.2) is 32.4 Å². The first-order valence-corrected chi connectivity index (χ1v) is 2.27. The van der Waals surface area contributed by atoms with Crippen LogP contribution in [0, 0.1) is 0 Å². The topological polar surface area (TPSA) is 3.24 Å². The van der Waals surface area contributed by atoms with Crippen molar-refractivity contribution in [2.75, 3.05) is 20.5 Å². The molecule has 6 heteroatoms. The Kier molecular flexibility index (Phi) is 7.48. The van der Waals surface area contributed by atoms with Gasteiger partial charge in [-0.2, -0.15) is 0 Å². The van der Waals surface area contributed by atoms with E-state index in [0.29, 0.717) is 0 Å². The van der Waals surface area contributed by atoms with Crippen molar-refractivity contribution in [2.45, 2.75) is 0 Å². The summed E-state index contributed by atoms with van der Waals surface area (Å²) in [6.07, 6.45) is -0.778. The summed E-state index contributed by atoms with van der Waals surface area (Å²) >= 11 is 0. The van der Waals surface area contributed by atoms with Crippen molar-refractivity contribution in [2.24, 2.45) is 0 Å². The molecule has 0 saturated carbocycles. The van der Waals surface area contributed by atoms with E-state index in [1.807, 2.05) is 0 Å². The second kappa shape index (κ2) is 5.15. The van der Waals surface area contributed by atoms with Gasteiger partial charge in [0, 0.05) is 0 Å². The zero-order valence-electron chi connectivity index (χ0n) is 6.87. The van der Waals surface area contributed by atoms with Gasteiger partial charge in [-0.25, -0.2) is 0 Å². The molecule has 0 radical (unpaired) electrons. The monoisotopic (exact) mass is 166 g/mol. The minimum Gasteiger partial charge on any atom is -1.00 e. The van der Waals surface area contributed by atoms with Crippen LogP contribution in [0.4, 0.5) is 12.9 Å². The van der Waals surface area contributed by atoms with E-state index in [2.05, 4.69) is 0 Å². The van der Waals surface area contributed by atoms with E-state index in [1.165, 1.54) is 14.1 Å². The molecule has 0 saturated heterocycles. The van der Waals surface area contributed by atoms with Crippen molar-refractivity contribution >= 4 is 6.98 Å². The molecule has 0 aromatic rings. The molecule has 9 heavy (non-hydrogen) atoms. The molecule has 0 spiro atoms. The van der Waals surface area contributed by atoms with Crippen LogP contribution >= 0.6 is 0 Å². The van der Waals surface area contributed by atoms with Crippen LogP contribution in [0.3, 0.4) is 0 Å². The predicted octanol–water partition coefficient (Wildman–Crippen LogP) is -1.95. The molecular weight excluding hydrogens is 157 g/mol. The third-order valence-electron chi connectivity index (χ3n) is 0.572. The van der Waals surface area contributed by atoms with Crippen LogP contribution in [0.2, 0.25) is 0 Å². The molecule has 0 rings (SSSR count). The molecule has 0 aliphatic heterocycles. The summed E-state index contributed by atoms with van der Waals surface area (Å²) in [5.74, 6) is 0. The van der Waals surface area contributed by atoms with Crippen LogP contribution in [0.25, 0.3) is 0 Å². The van der Waals surface area contributed by atoms with Crippen molar-refractivity contribution in [1.82, 2.24) is 4.90 Å². The van der Waals surface area contributed by atoms with Gasteiger partial charge in [0.1, 0.15) is 0 Å². The van der Waals surface area contributed by atoms with E-state index < -0.39 is 13.4 Å². The average molecular weight is 166 g/mol. The molecule has 0 amide bonds. The van der Waals surface area contributed by atoms with E-state index in [0.717, 1.165) is 4.90 Å². The Balaban J connectivity index is -0.000000245. The minimum atomic E-state index is -4.61. The van der Waals surface area contributed by atoms with Crippen molar-refractivity contribution in [3.8, 4) is 0 Å². The fourth-order valence-corrected chi connectivity index (χ4v) is 0.414. The number of nitrogens with zero attached hydrogens (tertiary/aromatic N) is 1. The molecule has 0 aromatic carbocycles. The number of hydrogen-bond donors (Lipinski definition) is 0. The fourth-order valence-electron chi connectivity index (χ4n) is 0.414. The van der Waals surface area contributed by atoms with Crippen LogP contribution in [0.5, 0.6) is 0 Å². The molecule has 0 bridgehead atoms. The average Bonchev–Trinajstić information content (AvgIpc) is 1.21. The largest absolute Gasteiger partial charge is 1.00 e. The minimum absolute atomic E-state index is 0. The summed E-state index contributed by atoms with van der Waals surface area (Å²) in [5, 5.41) is 0. The van der Waals surface area contributed by atoms with Crippen molar-refractivity contribution in [1.29, 1.82) is 0 Å². The molecule has 0 aliphatic rings. The Morgan fingerprint density at radius 3 is 1.67 bits per heavy atom. The molecule has 0 unspecified atom stereocenters. The third kappa shape index (κ3) is 12.6. The number of rotatable bonds is 2. The molecule has 0 N–H and O–H groups in total. The standard InChI is InChI=1S/C3H8BF3N.K.H/c1-8(2)3-4(5,6)7;;/h3H2,1-2H3;;/q-1;+1;-1. The van der Waals surface area contributed by atoms with Crippen molar-refractivity contribution in [3.05, 3.63) is 0 Å². The van der Waals surface area contributed by atoms with Crippen molar-refractivity contribution in [3.63, 3.8) is 0 Å². The summed E-state index contributed by atoms with van der Waals surface area (Å²) in [4.78, 5) is 1.11. The Hall–Kier alpha value is 1.45. The van der Waals surface area contributed by atoms with Crippen LogP contribution < -0.4 is 51.4 Å². The maximum absolute atomic E-state index is 11.3. The van der Waals surface area contributed by atoms with Gasteiger partial charge in [-0.05, 0) is 20.5 Å². The van der Waals surface area contributed by atoms with Gasteiger partial charge in [0.2, 0.25) is 0 Å². The third-order valence-corrected chi connectivity index (χ3v) is 0.572. The Morgan fingerprint density at radius 1 is 1.33 bits per heavy atom. The van der Waals surface area contributed by atoms with Gasteiger partial charge in [0.25, 0.3) is 0 Å². The molecule has 0 aliphatic carbocycles. The second-order valence-corrected chi connectivity index (χ2v) is 1.97. The predicted molar refractivity (Wildman–Crippen MR) is 28.7 cm³/mol. The zero-order valence-corrected chi connectivity index (χ0v) is 8.99. The second-order valence-electron chi connectivity index (χ2n) is 1.97. The van der Waals surface area contributed by atoms with Gasteiger partial charge < -0.3 is 19.3 Å². The van der Waals surface area contributed by atoms with E-state index in [4.69, 9.17) is 0 Å². The van der Waals surface area contributed by atoms with Gasteiger partial charge >= 0.3 is 58.4 Å². The van der Waals surface area contributed by atoms with Gasteiger partial charge in [-0.3, -0.25) is 0 Å². The summed E-state index contributed by atoms with van der Waals surface area (Å²) in [6.45, 7) is -4.61.